The van der Waals surface area contributed by atoms with Gasteiger partial charge in [0.1, 0.15) is 5.75 Å². The zero-order valence-electron chi connectivity index (χ0n) is 12.9. The van der Waals surface area contributed by atoms with E-state index in [0.717, 1.165) is 18.5 Å². The van der Waals surface area contributed by atoms with Crippen molar-refractivity contribution in [2.75, 3.05) is 13.2 Å². The minimum Gasteiger partial charge on any atom is -0.477 e. The number of ether oxygens (including phenoxy) is 2. The van der Waals surface area contributed by atoms with Gasteiger partial charge in [0.15, 0.2) is 6.10 Å². The molecule has 4 nitrogen and oxygen atoms in total. The van der Waals surface area contributed by atoms with E-state index in [2.05, 4.69) is 12.2 Å². The van der Waals surface area contributed by atoms with E-state index in [-0.39, 0.29) is 5.97 Å². The third-order valence-electron chi connectivity index (χ3n) is 2.97. The summed E-state index contributed by atoms with van der Waals surface area (Å²) in [5.41, 5.74) is 0.943. The van der Waals surface area contributed by atoms with Gasteiger partial charge in [-0.15, -0.1) is 0 Å². The van der Waals surface area contributed by atoms with Gasteiger partial charge in [-0.2, -0.15) is 0 Å². The number of nitrogens with one attached hydrogen (secondary N) is 1. The zero-order chi connectivity index (χ0) is 15.7. The van der Waals surface area contributed by atoms with Gasteiger partial charge in [-0.1, -0.05) is 37.6 Å². The third-order valence-corrected chi connectivity index (χ3v) is 3.27. The fourth-order valence-corrected chi connectivity index (χ4v) is 2.14. The van der Waals surface area contributed by atoms with Crippen molar-refractivity contribution in [2.24, 2.45) is 0 Å². The summed E-state index contributed by atoms with van der Waals surface area (Å²) >= 11 is 6.22. The van der Waals surface area contributed by atoms with Crippen LogP contribution in [0.4, 0.5) is 0 Å². The molecule has 0 aliphatic heterocycles. The van der Waals surface area contributed by atoms with E-state index in [1.807, 2.05) is 19.1 Å². The molecule has 0 fully saturated rings. The van der Waals surface area contributed by atoms with E-state index in [1.54, 1.807) is 13.0 Å². The average Bonchev–Trinajstić information content (AvgIpc) is 2.47. The number of carbonyl (C=O) groups excluding carboxylic acids is 1. The highest BCUT2D eigenvalue weighted by Crippen LogP contribution is 2.30. The topological polar surface area (TPSA) is 47.6 Å². The molecule has 0 bridgehead atoms. The normalized spacial score (nSPS) is 12.0. The number of hydrogen-bond acceptors (Lipinski definition) is 4. The Kier molecular flexibility index (Phi) is 8.16. The van der Waals surface area contributed by atoms with Gasteiger partial charge in [-0.3, -0.25) is 0 Å². The lowest BCUT2D eigenvalue weighted by atomic mass is 10.2. The predicted molar refractivity (Wildman–Crippen MR) is 84.8 cm³/mol. The van der Waals surface area contributed by atoms with E-state index in [9.17, 15) is 4.79 Å². The number of halogens is 1. The Balaban J connectivity index is 2.86. The first kappa shape index (κ1) is 17.8. The molecule has 1 unspecified atom stereocenters. The number of hydrogen-bond donors (Lipinski definition) is 1. The molecule has 1 aromatic carbocycles. The second kappa shape index (κ2) is 9.64. The van der Waals surface area contributed by atoms with E-state index >= 15 is 0 Å². The Morgan fingerprint density at radius 3 is 2.71 bits per heavy atom. The van der Waals surface area contributed by atoms with Crippen LogP contribution in [-0.2, 0) is 16.1 Å². The lowest BCUT2D eigenvalue weighted by molar-refractivity contribution is -0.151. The van der Waals surface area contributed by atoms with Gasteiger partial charge in [0.2, 0.25) is 0 Å². The summed E-state index contributed by atoms with van der Waals surface area (Å²) in [6.07, 6.45) is 0.957. The zero-order valence-corrected chi connectivity index (χ0v) is 13.7. The van der Waals surface area contributed by atoms with Crippen LogP contribution in [0.1, 0.15) is 39.2 Å². The molecule has 21 heavy (non-hydrogen) atoms. The number of esters is 1. The first-order valence-corrected chi connectivity index (χ1v) is 7.83. The maximum absolute atomic E-state index is 11.9. The van der Waals surface area contributed by atoms with Crippen molar-refractivity contribution < 1.29 is 14.3 Å². The Bertz CT molecular complexity index is 451. The summed E-state index contributed by atoms with van der Waals surface area (Å²) < 4.78 is 10.8. The van der Waals surface area contributed by atoms with Crippen molar-refractivity contribution in [3.05, 3.63) is 28.8 Å². The number of para-hydroxylation sites is 1. The van der Waals surface area contributed by atoms with E-state index in [1.165, 1.54) is 0 Å². The maximum atomic E-state index is 11.9. The van der Waals surface area contributed by atoms with Gasteiger partial charge >= 0.3 is 5.97 Å². The molecule has 0 amide bonds. The van der Waals surface area contributed by atoms with Gasteiger partial charge in [0, 0.05) is 12.1 Å². The van der Waals surface area contributed by atoms with Gasteiger partial charge in [0.25, 0.3) is 0 Å². The van der Waals surface area contributed by atoms with Crippen molar-refractivity contribution in [3.8, 4) is 5.75 Å². The summed E-state index contributed by atoms with van der Waals surface area (Å²) in [5, 5.41) is 3.82. The minimum absolute atomic E-state index is 0.339. The molecular formula is C16H24ClNO3. The van der Waals surface area contributed by atoms with Crippen LogP contribution in [0.3, 0.4) is 0 Å². The molecule has 1 aromatic rings. The van der Waals surface area contributed by atoms with Crippen LogP contribution in [0.2, 0.25) is 5.02 Å². The molecule has 0 aromatic heterocycles. The summed E-state index contributed by atoms with van der Waals surface area (Å²) in [4.78, 5) is 11.9. The van der Waals surface area contributed by atoms with Crippen molar-refractivity contribution >= 4 is 17.6 Å². The summed E-state index contributed by atoms with van der Waals surface area (Å²) in [6, 6.07) is 5.59. The van der Waals surface area contributed by atoms with Crippen LogP contribution >= 0.6 is 11.6 Å². The average molecular weight is 314 g/mol. The molecule has 0 aliphatic rings. The van der Waals surface area contributed by atoms with E-state index in [0.29, 0.717) is 30.3 Å². The van der Waals surface area contributed by atoms with E-state index in [4.69, 9.17) is 21.1 Å². The number of benzene rings is 1. The van der Waals surface area contributed by atoms with Crippen molar-refractivity contribution in [3.63, 3.8) is 0 Å². The van der Waals surface area contributed by atoms with Crippen LogP contribution in [0.15, 0.2) is 18.2 Å². The second-order valence-corrected chi connectivity index (χ2v) is 5.08. The molecule has 0 saturated carbocycles. The SMILES string of the molecule is CCCNCc1cccc(Cl)c1OC(CC)C(=O)OCC. The van der Waals surface area contributed by atoms with Gasteiger partial charge < -0.3 is 14.8 Å². The first-order valence-electron chi connectivity index (χ1n) is 7.45. The van der Waals surface area contributed by atoms with Crippen LogP contribution in [0.5, 0.6) is 5.75 Å². The van der Waals surface area contributed by atoms with Crippen LogP contribution in [-0.4, -0.2) is 25.2 Å². The molecule has 0 saturated heterocycles. The highest BCUT2D eigenvalue weighted by Gasteiger charge is 2.22. The molecule has 1 rings (SSSR count). The summed E-state index contributed by atoms with van der Waals surface area (Å²) in [7, 11) is 0. The molecular weight excluding hydrogens is 290 g/mol. The summed E-state index contributed by atoms with van der Waals surface area (Å²) in [5.74, 6) is 0.204. The fraction of sp³-hybridized carbons (Fsp3) is 0.562. The Morgan fingerprint density at radius 1 is 1.33 bits per heavy atom. The van der Waals surface area contributed by atoms with Crippen LogP contribution in [0, 0.1) is 0 Å². The van der Waals surface area contributed by atoms with Crippen LogP contribution < -0.4 is 10.1 Å². The maximum Gasteiger partial charge on any atom is 0.347 e. The monoisotopic (exact) mass is 313 g/mol. The highest BCUT2D eigenvalue weighted by molar-refractivity contribution is 6.32. The summed E-state index contributed by atoms with van der Waals surface area (Å²) in [6.45, 7) is 7.68. The molecule has 5 heteroatoms. The predicted octanol–water partition coefficient (Wildman–Crippen LogP) is 3.56. The standard InChI is InChI=1S/C16H24ClNO3/c1-4-10-18-11-12-8-7-9-13(17)15(12)21-14(5-2)16(19)20-6-3/h7-9,14,18H,4-6,10-11H2,1-3H3. The smallest absolute Gasteiger partial charge is 0.347 e. The molecule has 1 atom stereocenters. The number of carbonyl (C=O) groups is 1. The Morgan fingerprint density at radius 2 is 2.10 bits per heavy atom. The Labute approximate surface area is 131 Å². The van der Waals surface area contributed by atoms with E-state index < -0.39 is 6.10 Å². The fourth-order valence-electron chi connectivity index (χ4n) is 1.90. The molecule has 0 radical (unpaired) electrons. The first-order chi connectivity index (χ1) is 10.1. The van der Waals surface area contributed by atoms with Gasteiger partial charge in [0.05, 0.1) is 11.6 Å². The molecule has 0 aliphatic carbocycles. The van der Waals surface area contributed by atoms with Gasteiger partial charge in [-0.05, 0) is 32.4 Å². The lowest BCUT2D eigenvalue weighted by Gasteiger charge is -2.19. The molecule has 118 valence electrons. The molecule has 0 heterocycles. The second-order valence-electron chi connectivity index (χ2n) is 4.67. The van der Waals surface area contributed by atoms with Gasteiger partial charge in [-0.25, -0.2) is 4.79 Å². The van der Waals surface area contributed by atoms with Crippen molar-refractivity contribution in [1.82, 2.24) is 5.32 Å². The molecule has 0 spiro atoms. The number of rotatable bonds is 9. The van der Waals surface area contributed by atoms with Crippen molar-refractivity contribution in [2.45, 2.75) is 46.3 Å². The third kappa shape index (κ3) is 5.56. The molecule has 1 N–H and O–H groups in total. The highest BCUT2D eigenvalue weighted by atomic mass is 35.5. The quantitative estimate of drug-likeness (QED) is 0.559. The minimum atomic E-state index is -0.630. The lowest BCUT2D eigenvalue weighted by Crippen LogP contribution is -2.29. The largest absolute Gasteiger partial charge is 0.477 e. The Hall–Kier alpha value is -1.26. The van der Waals surface area contributed by atoms with Crippen molar-refractivity contribution in [1.29, 1.82) is 0 Å². The van der Waals surface area contributed by atoms with Crippen LogP contribution in [0.25, 0.3) is 0 Å².